The lowest BCUT2D eigenvalue weighted by molar-refractivity contribution is -0.384. The highest BCUT2D eigenvalue weighted by Gasteiger charge is 2.41. The van der Waals surface area contributed by atoms with Crippen molar-refractivity contribution >= 4 is 17.4 Å². The number of ketones is 1. The number of methoxy groups -OCH3 is 1. The lowest BCUT2D eigenvalue weighted by atomic mass is 9.71. The number of rotatable bonds is 6. The number of non-ortho nitro benzene ring substituents is 1. The van der Waals surface area contributed by atoms with E-state index in [1.807, 2.05) is 24.3 Å². The van der Waals surface area contributed by atoms with E-state index in [4.69, 9.17) is 9.47 Å². The summed E-state index contributed by atoms with van der Waals surface area (Å²) >= 11 is 0. The Morgan fingerprint density at radius 3 is 2.26 bits per heavy atom. The smallest absolute Gasteiger partial charge is 0.337 e. The Labute approximate surface area is 203 Å². The second kappa shape index (κ2) is 9.74. The molecule has 0 amide bonds. The van der Waals surface area contributed by atoms with Crippen molar-refractivity contribution in [1.82, 2.24) is 5.32 Å². The third-order valence-corrected chi connectivity index (χ3v) is 6.41. The van der Waals surface area contributed by atoms with Crippen molar-refractivity contribution in [3.05, 3.63) is 92.3 Å². The summed E-state index contributed by atoms with van der Waals surface area (Å²) in [5.74, 6) is -0.510. The zero-order chi connectivity index (χ0) is 25.3. The topological polar surface area (TPSA) is 108 Å². The molecule has 0 fully saturated rings. The molecule has 1 N–H and O–H groups in total. The minimum absolute atomic E-state index is 0.0193. The van der Waals surface area contributed by atoms with Gasteiger partial charge in [-0.3, -0.25) is 14.9 Å². The van der Waals surface area contributed by atoms with Gasteiger partial charge >= 0.3 is 5.97 Å². The molecule has 8 heteroatoms. The number of esters is 1. The summed E-state index contributed by atoms with van der Waals surface area (Å²) in [6.45, 7) is 5.32. The van der Waals surface area contributed by atoms with Crippen molar-refractivity contribution in [3.63, 3.8) is 0 Å². The van der Waals surface area contributed by atoms with Gasteiger partial charge in [0.15, 0.2) is 5.78 Å². The Kier molecular flexibility index (Phi) is 6.73. The SMILES string of the molecule is COc1ccc([C@H]2CC(=O)C3=C(C2)NC(C)=C(C(=O)OC(C)C)[C@H]3c2ccc([N+](=O)[O-])cc2)cc1. The molecule has 0 unspecified atom stereocenters. The lowest BCUT2D eigenvalue weighted by Crippen LogP contribution is -2.36. The number of dihydropyridines is 1. The standard InChI is InChI=1S/C27H28N2O6/c1-15(2)35-27(31)24-16(3)28-22-13-19(17-7-11-21(34-4)12-8-17)14-23(30)26(22)25(24)18-5-9-20(10-6-18)29(32)33/h5-12,15,19,25,28H,13-14H2,1-4H3/t19-,25-/m1/s1. The quantitative estimate of drug-likeness (QED) is 0.358. The maximum absolute atomic E-state index is 13.6. The number of nitro groups is 1. The normalized spacial score (nSPS) is 19.9. The average molecular weight is 477 g/mol. The number of carbonyl (C=O) groups is 2. The first kappa shape index (κ1) is 24.2. The van der Waals surface area contributed by atoms with Gasteiger partial charge in [-0.1, -0.05) is 24.3 Å². The number of hydrogen-bond donors (Lipinski definition) is 1. The summed E-state index contributed by atoms with van der Waals surface area (Å²) < 4.78 is 10.8. The second-order valence-electron chi connectivity index (χ2n) is 9.09. The fourth-order valence-corrected chi connectivity index (χ4v) is 4.82. The largest absolute Gasteiger partial charge is 0.497 e. The molecule has 2 aliphatic rings. The fourth-order valence-electron chi connectivity index (χ4n) is 4.82. The van der Waals surface area contributed by atoms with E-state index in [1.54, 1.807) is 40.0 Å². The van der Waals surface area contributed by atoms with Crippen LogP contribution in [0.15, 0.2) is 71.1 Å². The summed E-state index contributed by atoms with van der Waals surface area (Å²) in [5, 5.41) is 14.5. The molecule has 1 aliphatic heterocycles. The molecule has 0 saturated heterocycles. The molecule has 0 aromatic heterocycles. The summed E-state index contributed by atoms with van der Waals surface area (Å²) in [6, 6.07) is 13.7. The number of Topliss-reactive ketones (excluding diaryl/α,β-unsaturated/α-hetero) is 1. The Bertz CT molecular complexity index is 1230. The molecule has 2 atom stereocenters. The number of benzene rings is 2. The summed E-state index contributed by atoms with van der Waals surface area (Å²) in [4.78, 5) is 37.4. The van der Waals surface area contributed by atoms with Crippen LogP contribution in [0.3, 0.4) is 0 Å². The first-order chi connectivity index (χ1) is 16.7. The van der Waals surface area contributed by atoms with Crippen LogP contribution in [0.2, 0.25) is 0 Å². The van der Waals surface area contributed by atoms with Gasteiger partial charge in [0.2, 0.25) is 0 Å². The lowest BCUT2D eigenvalue weighted by Gasteiger charge is -2.37. The Morgan fingerprint density at radius 2 is 1.69 bits per heavy atom. The molecule has 0 saturated carbocycles. The molecule has 0 bridgehead atoms. The number of allylic oxidation sites excluding steroid dienone is 3. The predicted octanol–water partition coefficient (Wildman–Crippen LogP) is 4.92. The van der Waals surface area contributed by atoms with E-state index in [9.17, 15) is 19.7 Å². The molecule has 0 spiro atoms. The van der Waals surface area contributed by atoms with E-state index < -0.39 is 16.8 Å². The number of nitrogens with one attached hydrogen (secondary N) is 1. The van der Waals surface area contributed by atoms with Gasteiger partial charge in [0.1, 0.15) is 5.75 Å². The van der Waals surface area contributed by atoms with E-state index in [2.05, 4.69) is 5.32 Å². The Hall–Kier alpha value is -3.94. The highest BCUT2D eigenvalue weighted by Crippen LogP contribution is 2.46. The van der Waals surface area contributed by atoms with Crippen molar-refractivity contribution in [2.24, 2.45) is 0 Å². The second-order valence-corrected chi connectivity index (χ2v) is 9.09. The molecule has 182 valence electrons. The molecule has 1 heterocycles. The molecular weight excluding hydrogens is 448 g/mol. The predicted molar refractivity (Wildman–Crippen MR) is 130 cm³/mol. The maximum atomic E-state index is 13.6. The van der Waals surface area contributed by atoms with E-state index >= 15 is 0 Å². The van der Waals surface area contributed by atoms with E-state index in [0.29, 0.717) is 35.2 Å². The van der Waals surface area contributed by atoms with Crippen LogP contribution in [0.1, 0.15) is 56.6 Å². The molecule has 8 nitrogen and oxygen atoms in total. The third kappa shape index (κ3) is 4.82. The number of nitrogens with zero attached hydrogens (tertiary/aromatic N) is 1. The van der Waals surface area contributed by atoms with Crippen molar-refractivity contribution in [2.75, 3.05) is 7.11 Å². The summed E-state index contributed by atoms with van der Waals surface area (Å²) in [5.41, 5.74) is 3.86. The van der Waals surface area contributed by atoms with Crippen LogP contribution < -0.4 is 10.1 Å². The average Bonchev–Trinajstić information content (AvgIpc) is 2.82. The van der Waals surface area contributed by atoms with Crippen LogP contribution in [0, 0.1) is 10.1 Å². The van der Waals surface area contributed by atoms with Crippen LogP contribution in [-0.2, 0) is 14.3 Å². The van der Waals surface area contributed by atoms with Crippen molar-refractivity contribution in [3.8, 4) is 5.75 Å². The number of nitro benzene ring substituents is 1. The molecule has 4 rings (SSSR count). The zero-order valence-electron chi connectivity index (χ0n) is 20.2. The first-order valence-corrected chi connectivity index (χ1v) is 11.5. The Morgan fingerprint density at radius 1 is 1.06 bits per heavy atom. The van der Waals surface area contributed by atoms with Gasteiger partial charge in [-0.05, 0) is 56.4 Å². The Balaban J connectivity index is 1.77. The van der Waals surface area contributed by atoms with Crippen molar-refractivity contribution in [1.29, 1.82) is 0 Å². The van der Waals surface area contributed by atoms with Crippen LogP contribution in [0.5, 0.6) is 5.75 Å². The van der Waals surface area contributed by atoms with Crippen LogP contribution in [-0.4, -0.2) is 29.9 Å². The number of hydrogen-bond acceptors (Lipinski definition) is 7. The number of ether oxygens (including phenoxy) is 2. The summed E-state index contributed by atoms with van der Waals surface area (Å²) in [7, 11) is 1.61. The fraction of sp³-hybridized carbons (Fsp3) is 0.333. The third-order valence-electron chi connectivity index (χ3n) is 6.41. The van der Waals surface area contributed by atoms with Gasteiger partial charge in [0.05, 0.1) is 23.7 Å². The molecule has 2 aromatic carbocycles. The van der Waals surface area contributed by atoms with Crippen molar-refractivity contribution in [2.45, 2.75) is 51.6 Å². The minimum Gasteiger partial charge on any atom is -0.497 e. The number of carbonyl (C=O) groups excluding carboxylic acids is 2. The molecule has 2 aromatic rings. The highest BCUT2D eigenvalue weighted by atomic mass is 16.6. The van der Waals surface area contributed by atoms with E-state index in [1.165, 1.54) is 12.1 Å². The highest BCUT2D eigenvalue weighted by molar-refractivity contribution is 6.04. The van der Waals surface area contributed by atoms with Crippen molar-refractivity contribution < 1.29 is 24.0 Å². The molecule has 35 heavy (non-hydrogen) atoms. The summed E-state index contributed by atoms with van der Waals surface area (Å²) in [6.07, 6.45) is 0.556. The van der Waals surface area contributed by atoms with Crippen LogP contribution in [0.25, 0.3) is 0 Å². The van der Waals surface area contributed by atoms with Gasteiger partial charge in [0.25, 0.3) is 5.69 Å². The van der Waals surface area contributed by atoms with Gasteiger partial charge in [-0.2, -0.15) is 0 Å². The van der Waals surface area contributed by atoms with E-state index in [0.717, 1.165) is 17.0 Å². The maximum Gasteiger partial charge on any atom is 0.337 e. The van der Waals surface area contributed by atoms with Gasteiger partial charge in [0, 0.05) is 41.4 Å². The van der Waals surface area contributed by atoms with Crippen LogP contribution in [0.4, 0.5) is 5.69 Å². The first-order valence-electron chi connectivity index (χ1n) is 11.5. The van der Waals surface area contributed by atoms with Crippen LogP contribution >= 0.6 is 0 Å². The molecule has 0 radical (unpaired) electrons. The molecular formula is C27H28N2O6. The van der Waals surface area contributed by atoms with Gasteiger partial charge in [-0.25, -0.2) is 4.79 Å². The van der Waals surface area contributed by atoms with Gasteiger partial charge in [-0.15, -0.1) is 0 Å². The minimum atomic E-state index is -0.664. The van der Waals surface area contributed by atoms with E-state index in [-0.39, 0.29) is 23.5 Å². The zero-order valence-corrected chi connectivity index (χ0v) is 20.2. The monoisotopic (exact) mass is 476 g/mol. The van der Waals surface area contributed by atoms with Gasteiger partial charge < -0.3 is 14.8 Å². The molecule has 1 aliphatic carbocycles.